The highest BCUT2D eigenvalue weighted by Crippen LogP contribution is 2.42. The molecule has 22 heavy (non-hydrogen) atoms. The quantitative estimate of drug-likeness (QED) is 0.905. The first-order valence-corrected chi connectivity index (χ1v) is 7.80. The fourth-order valence-corrected chi connectivity index (χ4v) is 3.74. The Morgan fingerprint density at radius 1 is 1.36 bits per heavy atom. The highest BCUT2D eigenvalue weighted by atomic mass is 35.5. The van der Waals surface area contributed by atoms with Gasteiger partial charge in [-0.15, -0.1) is 0 Å². The molecule has 3 rings (SSSR count). The predicted molar refractivity (Wildman–Crippen MR) is 85.9 cm³/mol. The molecule has 1 aliphatic rings. The molecule has 0 saturated heterocycles. The lowest BCUT2D eigenvalue weighted by atomic mass is 9.86. The van der Waals surface area contributed by atoms with Crippen LogP contribution in [0.5, 0.6) is 0 Å². The van der Waals surface area contributed by atoms with Crippen LogP contribution in [-0.2, 0) is 12.8 Å². The Morgan fingerprint density at radius 3 is 2.82 bits per heavy atom. The number of carbonyl (C=O) groups excluding carboxylic acids is 1. The Bertz CT molecular complexity index is 757. The fraction of sp³-hybridized carbons (Fsp3) is 0.278. The first-order chi connectivity index (χ1) is 10.5. The smallest absolute Gasteiger partial charge is 0.248 e. The Hall–Kier alpha value is -1.87. The molecule has 0 aliphatic heterocycles. The summed E-state index contributed by atoms with van der Waals surface area (Å²) in [5, 5.41) is 0.409. The number of rotatable bonds is 3. The molecular formula is C18H17ClFNO. The first kappa shape index (κ1) is 15.0. The summed E-state index contributed by atoms with van der Waals surface area (Å²) in [5.41, 5.74) is 9.71. The molecule has 2 nitrogen and oxygen atoms in total. The molecule has 0 heterocycles. The van der Waals surface area contributed by atoms with Crippen molar-refractivity contribution in [3.8, 4) is 0 Å². The number of carbonyl (C=O) groups is 1. The third-order valence-electron chi connectivity index (χ3n) is 4.46. The van der Waals surface area contributed by atoms with Crippen molar-refractivity contribution < 1.29 is 9.18 Å². The van der Waals surface area contributed by atoms with Crippen LogP contribution in [-0.4, -0.2) is 5.91 Å². The van der Waals surface area contributed by atoms with E-state index in [1.807, 2.05) is 25.1 Å². The lowest BCUT2D eigenvalue weighted by Gasteiger charge is -2.18. The molecular weight excluding hydrogens is 301 g/mol. The molecule has 2 aromatic carbocycles. The van der Waals surface area contributed by atoms with Gasteiger partial charge in [-0.05, 0) is 59.7 Å². The lowest BCUT2D eigenvalue weighted by molar-refractivity contribution is 0.0999. The van der Waals surface area contributed by atoms with Gasteiger partial charge in [-0.3, -0.25) is 4.79 Å². The van der Waals surface area contributed by atoms with E-state index in [1.54, 1.807) is 6.07 Å². The van der Waals surface area contributed by atoms with Gasteiger partial charge in [0.2, 0.25) is 5.91 Å². The maximum Gasteiger partial charge on any atom is 0.248 e. The Balaban J connectivity index is 2.16. The van der Waals surface area contributed by atoms with Gasteiger partial charge >= 0.3 is 0 Å². The van der Waals surface area contributed by atoms with Gasteiger partial charge in [0.05, 0.1) is 0 Å². The zero-order chi connectivity index (χ0) is 15.9. The first-order valence-electron chi connectivity index (χ1n) is 7.42. The van der Waals surface area contributed by atoms with E-state index in [1.165, 1.54) is 6.07 Å². The van der Waals surface area contributed by atoms with Gasteiger partial charge in [0.25, 0.3) is 0 Å². The zero-order valence-corrected chi connectivity index (χ0v) is 13.1. The van der Waals surface area contributed by atoms with Crippen molar-refractivity contribution in [2.24, 2.45) is 5.73 Å². The van der Waals surface area contributed by atoms with Crippen molar-refractivity contribution in [2.45, 2.75) is 32.1 Å². The highest BCUT2D eigenvalue weighted by Gasteiger charge is 2.29. The van der Waals surface area contributed by atoms with E-state index in [2.05, 4.69) is 0 Å². The minimum atomic E-state index is -0.422. The third kappa shape index (κ3) is 2.40. The van der Waals surface area contributed by atoms with Crippen molar-refractivity contribution in [3.05, 3.63) is 69.0 Å². The van der Waals surface area contributed by atoms with Crippen LogP contribution in [0.1, 0.15) is 51.9 Å². The van der Waals surface area contributed by atoms with Crippen molar-refractivity contribution >= 4 is 17.5 Å². The molecule has 0 aromatic heterocycles. The average molecular weight is 318 g/mol. The summed E-state index contributed by atoms with van der Waals surface area (Å²) in [7, 11) is 0. The summed E-state index contributed by atoms with van der Waals surface area (Å²) in [4.78, 5) is 11.6. The minimum Gasteiger partial charge on any atom is -0.366 e. The molecule has 0 radical (unpaired) electrons. The topological polar surface area (TPSA) is 43.1 Å². The van der Waals surface area contributed by atoms with Crippen LogP contribution < -0.4 is 5.73 Å². The molecule has 2 aromatic rings. The molecule has 114 valence electrons. The molecule has 2 N–H and O–H groups in total. The second-order valence-corrected chi connectivity index (χ2v) is 6.07. The Kier molecular flexibility index (Phi) is 3.92. The molecule has 1 amide bonds. The van der Waals surface area contributed by atoms with Crippen molar-refractivity contribution in [1.82, 2.24) is 0 Å². The van der Waals surface area contributed by atoms with E-state index in [0.717, 1.165) is 28.7 Å². The third-order valence-corrected chi connectivity index (χ3v) is 4.68. The summed E-state index contributed by atoms with van der Waals surface area (Å²) >= 11 is 6.02. The Morgan fingerprint density at radius 2 is 2.14 bits per heavy atom. The fourth-order valence-electron chi connectivity index (χ4n) is 3.52. The zero-order valence-electron chi connectivity index (χ0n) is 12.3. The van der Waals surface area contributed by atoms with E-state index in [0.29, 0.717) is 23.4 Å². The van der Waals surface area contributed by atoms with E-state index in [9.17, 15) is 9.18 Å². The highest BCUT2D eigenvalue weighted by molar-refractivity contribution is 6.30. The number of fused-ring (bicyclic) bond motifs is 1. The summed E-state index contributed by atoms with van der Waals surface area (Å²) in [5.74, 6) is -0.597. The predicted octanol–water partition coefficient (Wildman–Crippen LogP) is 4.22. The van der Waals surface area contributed by atoms with Gasteiger partial charge in [-0.2, -0.15) is 0 Å². The molecule has 0 bridgehead atoms. The number of benzene rings is 2. The van der Waals surface area contributed by atoms with E-state index >= 15 is 0 Å². The van der Waals surface area contributed by atoms with Crippen LogP contribution >= 0.6 is 11.6 Å². The number of halogens is 2. The summed E-state index contributed by atoms with van der Waals surface area (Å²) < 4.78 is 14.1. The van der Waals surface area contributed by atoms with E-state index in [-0.39, 0.29) is 11.7 Å². The Labute approximate surface area is 134 Å². The minimum absolute atomic E-state index is 0.0671. The van der Waals surface area contributed by atoms with Gasteiger partial charge in [-0.1, -0.05) is 30.7 Å². The summed E-state index contributed by atoms with van der Waals surface area (Å²) in [6.07, 6.45) is 2.22. The molecule has 1 aliphatic carbocycles. The number of primary amides is 1. The monoisotopic (exact) mass is 317 g/mol. The van der Waals surface area contributed by atoms with Crippen LogP contribution in [0.2, 0.25) is 5.02 Å². The maximum atomic E-state index is 14.1. The van der Waals surface area contributed by atoms with E-state index in [4.69, 9.17) is 17.3 Å². The normalized spacial score (nSPS) is 16.6. The molecule has 4 heteroatoms. The van der Waals surface area contributed by atoms with Gasteiger partial charge in [0, 0.05) is 16.5 Å². The SMILES string of the molecule is CCc1c(C(N)=O)cccc1[C@H]1CCc2c(F)cc(Cl)cc21. The van der Waals surface area contributed by atoms with Crippen LogP contribution in [0.25, 0.3) is 0 Å². The average Bonchev–Trinajstić information content (AvgIpc) is 2.90. The molecule has 0 spiro atoms. The van der Waals surface area contributed by atoms with Crippen LogP contribution in [0.3, 0.4) is 0 Å². The largest absolute Gasteiger partial charge is 0.366 e. The molecule has 0 saturated carbocycles. The van der Waals surface area contributed by atoms with Crippen molar-refractivity contribution in [2.75, 3.05) is 0 Å². The van der Waals surface area contributed by atoms with E-state index < -0.39 is 5.91 Å². The number of hydrogen-bond acceptors (Lipinski definition) is 1. The molecule has 0 unspecified atom stereocenters. The number of nitrogens with two attached hydrogens (primary N) is 1. The number of amides is 1. The second-order valence-electron chi connectivity index (χ2n) is 5.64. The maximum absolute atomic E-state index is 14.1. The summed E-state index contributed by atoms with van der Waals surface area (Å²) in [6.45, 7) is 2.00. The molecule has 0 fully saturated rings. The van der Waals surface area contributed by atoms with Gasteiger partial charge in [-0.25, -0.2) is 4.39 Å². The number of hydrogen-bond donors (Lipinski definition) is 1. The molecule has 1 atom stereocenters. The van der Waals surface area contributed by atoms with Crippen molar-refractivity contribution in [3.63, 3.8) is 0 Å². The van der Waals surface area contributed by atoms with Gasteiger partial charge < -0.3 is 5.73 Å². The van der Waals surface area contributed by atoms with Gasteiger partial charge in [0.15, 0.2) is 0 Å². The lowest BCUT2D eigenvalue weighted by Crippen LogP contribution is -2.15. The van der Waals surface area contributed by atoms with Crippen LogP contribution in [0, 0.1) is 5.82 Å². The van der Waals surface area contributed by atoms with Crippen LogP contribution in [0.15, 0.2) is 30.3 Å². The van der Waals surface area contributed by atoms with Gasteiger partial charge in [0.1, 0.15) is 5.82 Å². The van der Waals surface area contributed by atoms with Crippen molar-refractivity contribution in [1.29, 1.82) is 0 Å². The van der Waals surface area contributed by atoms with Crippen LogP contribution in [0.4, 0.5) is 4.39 Å². The second kappa shape index (κ2) is 5.73. The standard InChI is InChI=1S/C18H17ClFNO/c1-2-11-12(4-3-5-15(11)18(21)22)13-6-7-14-16(13)8-10(19)9-17(14)20/h3-5,8-9,13H,2,6-7H2,1H3,(H2,21,22)/t13-/m1/s1. The summed E-state index contributed by atoms with van der Waals surface area (Å²) in [6, 6.07) is 8.80.